The quantitative estimate of drug-likeness (QED) is 0.608. The summed E-state index contributed by atoms with van der Waals surface area (Å²) in [5.74, 6) is 0. The Labute approximate surface area is 80.2 Å². The highest BCUT2D eigenvalue weighted by Gasteiger charge is 2.37. The topological polar surface area (TPSA) is 52.5 Å². The SMILES string of the molecule is CC1(CO)CCCC(C)(CCO)N1. The first-order valence-electron chi connectivity index (χ1n) is 5.05. The van der Waals surface area contributed by atoms with Crippen LogP contribution < -0.4 is 5.32 Å². The zero-order valence-electron chi connectivity index (χ0n) is 8.64. The van der Waals surface area contributed by atoms with Crippen LogP contribution in [0.3, 0.4) is 0 Å². The molecule has 0 aliphatic carbocycles. The fourth-order valence-electron chi connectivity index (χ4n) is 2.28. The van der Waals surface area contributed by atoms with Crippen molar-refractivity contribution in [1.82, 2.24) is 5.32 Å². The van der Waals surface area contributed by atoms with Crippen LogP contribution in [0.1, 0.15) is 39.5 Å². The fraction of sp³-hybridized carbons (Fsp3) is 1.00. The van der Waals surface area contributed by atoms with Crippen LogP contribution in [0, 0.1) is 0 Å². The van der Waals surface area contributed by atoms with Crippen LogP contribution in [0.15, 0.2) is 0 Å². The van der Waals surface area contributed by atoms with Crippen molar-refractivity contribution in [2.24, 2.45) is 0 Å². The third-order valence-corrected chi connectivity index (χ3v) is 3.07. The molecule has 3 nitrogen and oxygen atoms in total. The Kier molecular flexibility index (Phi) is 3.33. The number of rotatable bonds is 3. The Morgan fingerprint density at radius 2 is 1.77 bits per heavy atom. The number of aliphatic hydroxyl groups is 2. The second-order valence-electron chi connectivity index (χ2n) is 4.73. The standard InChI is InChI=1S/C10H21NO2/c1-9(6-7-12)4-3-5-10(2,8-13)11-9/h11-13H,3-8H2,1-2H3. The van der Waals surface area contributed by atoms with E-state index in [9.17, 15) is 5.11 Å². The fourth-order valence-corrected chi connectivity index (χ4v) is 2.28. The van der Waals surface area contributed by atoms with Crippen molar-refractivity contribution in [3.05, 3.63) is 0 Å². The first kappa shape index (κ1) is 11.0. The molecule has 13 heavy (non-hydrogen) atoms. The van der Waals surface area contributed by atoms with Crippen molar-refractivity contribution in [2.45, 2.75) is 50.6 Å². The largest absolute Gasteiger partial charge is 0.396 e. The van der Waals surface area contributed by atoms with Gasteiger partial charge in [-0.25, -0.2) is 0 Å². The second-order valence-corrected chi connectivity index (χ2v) is 4.73. The van der Waals surface area contributed by atoms with E-state index in [2.05, 4.69) is 12.2 Å². The number of aliphatic hydroxyl groups excluding tert-OH is 2. The molecule has 2 unspecified atom stereocenters. The maximum absolute atomic E-state index is 9.23. The molecule has 1 fully saturated rings. The van der Waals surface area contributed by atoms with E-state index in [1.807, 2.05) is 6.92 Å². The van der Waals surface area contributed by atoms with Gasteiger partial charge in [0.1, 0.15) is 0 Å². The van der Waals surface area contributed by atoms with E-state index in [-0.39, 0.29) is 24.3 Å². The van der Waals surface area contributed by atoms with Crippen molar-refractivity contribution in [1.29, 1.82) is 0 Å². The molecule has 0 aromatic rings. The first-order valence-corrected chi connectivity index (χ1v) is 5.05. The molecule has 78 valence electrons. The van der Waals surface area contributed by atoms with Crippen LogP contribution in [-0.2, 0) is 0 Å². The molecule has 0 aromatic heterocycles. The average molecular weight is 187 g/mol. The van der Waals surface area contributed by atoms with Gasteiger partial charge >= 0.3 is 0 Å². The number of hydrogen-bond donors (Lipinski definition) is 3. The summed E-state index contributed by atoms with van der Waals surface area (Å²) in [6.45, 7) is 4.55. The number of hydrogen-bond acceptors (Lipinski definition) is 3. The van der Waals surface area contributed by atoms with E-state index >= 15 is 0 Å². The summed E-state index contributed by atoms with van der Waals surface area (Å²) < 4.78 is 0. The van der Waals surface area contributed by atoms with Crippen molar-refractivity contribution in [3.63, 3.8) is 0 Å². The third-order valence-electron chi connectivity index (χ3n) is 3.07. The normalized spacial score (nSPS) is 40.6. The predicted molar refractivity (Wildman–Crippen MR) is 52.6 cm³/mol. The average Bonchev–Trinajstić information content (AvgIpc) is 2.04. The van der Waals surface area contributed by atoms with Crippen molar-refractivity contribution >= 4 is 0 Å². The van der Waals surface area contributed by atoms with Gasteiger partial charge in [0.05, 0.1) is 6.61 Å². The summed E-state index contributed by atoms with van der Waals surface area (Å²) in [7, 11) is 0. The molecule has 0 spiro atoms. The molecule has 2 atom stereocenters. The van der Waals surface area contributed by atoms with Crippen molar-refractivity contribution in [3.8, 4) is 0 Å². The Morgan fingerprint density at radius 1 is 1.15 bits per heavy atom. The summed E-state index contributed by atoms with van der Waals surface area (Å²) in [6.07, 6.45) is 4.00. The smallest absolute Gasteiger partial charge is 0.0610 e. The Balaban J connectivity index is 2.59. The molecular weight excluding hydrogens is 166 g/mol. The number of nitrogens with one attached hydrogen (secondary N) is 1. The van der Waals surface area contributed by atoms with Gasteiger partial charge in [-0.15, -0.1) is 0 Å². The van der Waals surface area contributed by atoms with Gasteiger partial charge in [-0.3, -0.25) is 0 Å². The molecule has 3 N–H and O–H groups in total. The predicted octanol–water partition coefficient (Wildman–Crippen LogP) is 0.652. The van der Waals surface area contributed by atoms with E-state index in [0.717, 1.165) is 25.7 Å². The van der Waals surface area contributed by atoms with Gasteiger partial charge < -0.3 is 15.5 Å². The highest BCUT2D eigenvalue weighted by Crippen LogP contribution is 2.30. The van der Waals surface area contributed by atoms with Crippen LogP contribution in [0.4, 0.5) is 0 Å². The third kappa shape index (κ3) is 2.66. The Hall–Kier alpha value is -0.120. The Bertz CT molecular complexity index is 170. The molecule has 1 aliphatic heterocycles. The molecular formula is C10H21NO2. The minimum absolute atomic E-state index is 0.00444. The maximum Gasteiger partial charge on any atom is 0.0610 e. The maximum atomic E-state index is 9.23. The molecule has 1 rings (SSSR count). The van der Waals surface area contributed by atoms with Crippen LogP contribution in [0.5, 0.6) is 0 Å². The molecule has 1 heterocycles. The monoisotopic (exact) mass is 187 g/mol. The molecule has 0 bridgehead atoms. The van der Waals surface area contributed by atoms with Gasteiger partial charge in [0, 0.05) is 17.7 Å². The second kappa shape index (κ2) is 3.95. The van der Waals surface area contributed by atoms with Gasteiger partial charge in [0.2, 0.25) is 0 Å². The van der Waals surface area contributed by atoms with Crippen LogP contribution in [-0.4, -0.2) is 34.5 Å². The summed E-state index contributed by atoms with van der Waals surface area (Å²) in [5, 5.41) is 21.6. The molecule has 3 heteroatoms. The minimum Gasteiger partial charge on any atom is -0.396 e. The van der Waals surface area contributed by atoms with E-state index in [1.54, 1.807) is 0 Å². The zero-order valence-corrected chi connectivity index (χ0v) is 8.64. The van der Waals surface area contributed by atoms with Gasteiger partial charge in [-0.05, 0) is 39.5 Å². The van der Waals surface area contributed by atoms with E-state index in [0.29, 0.717) is 0 Å². The molecule has 0 saturated carbocycles. The highest BCUT2D eigenvalue weighted by atomic mass is 16.3. The van der Waals surface area contributed by atoms with Gasteiger partial charge in [0.15, 0.2) is 0 Å². The zero-order chi connectivity index (χ0) is 9.95. The lowest BCUT2D eigenvalue weighted by atomic mass is 9.79. The summed E-state index contributed by atoms with van der Waals surface area (Å²) in [6, 6.07) is 0. The summed E-state index contributed by atoms with van der Waals surface area (Å²) >= 11 is 0. The van der Waals surface area contributed by atoms with E-state index < -0.39 is 0 Å². The lowest BCUT2D eigenvalue weighted by Gasteiger charge is -2.45. The number of piperidine rings is 1. The first-order chi connectivity index (χ1) is 6.04. The molecule has 0 radical (unpaired) electrons. The molecule has 0 amide bonds. The van der Waals surface area contributed by atoms with Crippen molar-refractivity contribution < 1.29 is 10.2 Å². The molecule has 1 saturated heterocycles. The Morgan fingerprint density at radius 3 is 2.31 bits per heavy atom. The molecule has 1 aliphatic rings. The van der Waals surface area contributed by atoms with Gasteiger partial charge in [0.25, 0.3) is 0 Å². The van der Waals surface area contributed by atoms with Gasteiger partial charge in [-0.1, -0.05) is 0 Å². The van der Waals surface area contributed by atoms with Gasteiger partial charge in [-0.2, -0.15) is 0 Å². The van der Waals surface area contributed by atoms with Crippen LogP contribution in [0.25, 0.3) is 0 Å². The highest BCUT2D eigenvalue weighted by molar-refractivity contribution is 4.97. The van der Waals surface area contributed by atoms with E-state index in [4.69, 9.17) is 5.11 Å². The van der Waals surface area contributed by atoms with Crippen LogP contribution >= 0.6 is 0 Å². The lowest BCUT2D eigenvalue weighted by Crippen LogP contribution is -2.60. The van der Waals surface area contributed by atoms with E-state index in [1.165, 1.54) is 0 Å². The summed E-state index contributed by atoms with van der Waals surface area (Å²) in [5.41, 5.74) is -0.146. The minimum atomic E-state index is -0.151. The molecule has 0 aromatic carbocycles. The summed E-state index contributed by atoms with van der Waals surface area (Å²) in [4.78, 5) is 0. The lowest BCUT2D eigenvalue weighted by molar-refractivity contribution is 0.0742. The van der Waals surface area contributed by atoms with Crippen LogP contribution in [0.2, 0.25) is 0 Å². The van der Waals surface area contributed by atoms with Crippen molar-refractivity contribution in [2.75, 3.05) is 13.2 Å².